The lowest BCUT2D eigenvalue weighted by Gasteiger charge is -2.11. The molecule has 0 saturated carbocycles. The van der Waals surface area contributed by atoms with E-state index in [-0.39, 0.29) is 38.5 Å². The third-order valence-corrected chi connectivity index (χ3v) is 5.51. The van der Waals surface area contributed by atoms with E-state index < -0.39 is 40.9 Å². The molecule has 3 aromatic heterocycles. The number of alkyl halides is 6. The Morgan fingerprint density at radius 1 is 1.17 bits per heavy atom. The van der Waals surface area contributed by atoms with Crippen LogP contribution >= 0.6 is 11.8 Å². The smallest absolute Gasteiger partial charge is 0.447 e. The standard InChI is InChI=1S/C16H12F6N4O2S2/c1-2-30(27)11-3-9(28-7-15(17,18)19)5-23-14(11)10-6-26-8-24-13(4-12(26)25-10)29-16(20,21)22/h3-6,8H,2,7H2,1H3. The van der Waals surface area contributed by atoms with E-state index in [1.165, 1.54) is 16.7 Å². The van der Waals surface area contributed by atoms with Crippen molar-refractivity contribution in [3.05, 3.63) is 30.9 Å². The molecule has 0 aromatic carbocycles. The Kier molecular flexibility index (Phi) is 6.26. The molecule has 3 aromatic rings. The summed E-state index contributed by atoms with van der Waals surface area (Å²) in [6.45, 7) is 0.0727. The van der Waals surface area contributed by atoms with Crippen LogP contribution in [0.3, 0.4) is 0 Å². The van der Waals surface area contributed by atoms with Crippen molar-refractivity contribution < 1.29 is 35.3 Å². The fourth-order valence-corrected chi connectivity index (χ4v) is 3.79. The predicted molar refractivity (Wildman–Crippen MR) is 96.6 cm³/mol. The number of nitrogens with zero attached hydrogens (tertiary/aromatic N) is 4. The second-order valence-corrected chi connectivity index (χ2v) is 8.52. The number of ether oxygens (including phenoxy) is 1. The van der Waals surface area contributed by atoms with Crippen molar-refractivity contribution in [1.29, 1.82) is 0 Å². The van der Waals surface area contributed by atoms with Crippen LogP contribution in [0.15, 0.2) is 40.8 Å². The lowest BCUT2D eigenvalue weighted by Crippen LogP contribution is -2.19. The van der Waals surface area contributed by atoms with Crippen molar-refractivity contribution in [3.63, 3.8) is 0 Å². The topological polar surface area (TPSA) is 69.4 Å². The Hall–Kier alpha value is -2.35. The lowest BCUT2D eigenvalue weighted by atomic mass is 10.3. The van der Waals surface area contributed by atoms with Gasteiger partial charge in [-0.15, -0.1) is 0 Å². The summed E-state index contributed by atoms with van der Waals surface area (Å²) < 4.78 is 93.1. The first-order chi connectivity index (χ1) is 13.9. The first kappa shape index (κ1) is 22.3. The first-order valence-corrected chi connectivity index (χ1v) is 10.3. The van der Waals surface area contributed by atoms with Crippen molar-refractivity contribution in [2.45, 2.75) is 28.5 Å². The number of rotatable bonds is 6. The van der Waals surface area contributed by atoms with Crippen LogP contribution in [0.2, 0.25) is 0 Å². The van der Waals surface area contributed by atoms with Gasteiger partial charge in [0.05, 0.1) is 21.9 Å². The van der Waals surface area contributed by atoms with Crippen LogP contribution in [0.25, 0.3) is 17.0 Å². The molecule has 30 heavy (non-hydrogen) atoms. The number of hydrogen-bond donors (Lipinski definition) is 0. The van der Waals surface area contributed by atoms with Crippen LogP contribution in [0.1, 0.15) is 6.92 Å². The van der Waals surface area contributed by atoms with Gasteiger partial charge in [-0.3, -0.25) is 8.61 Å². The van der Waals surface area contributed by atoms with Gasteiger partial charge in [0, 0.05) is 35.8 Å². The Labute approximate surface area is 172 Å². The fourth-order valence-electron chi connectivity index (χ4n) is 2.35. The molecule has 0 spiro atoms. The van der Waals surface area contributed by atoms with Gasteiger partial charge in [0.25, 0.3) is 0 Å². The molecule has 0 radical (unpaired) electrons. The number of aromatic nitrogens is 4. The Morgan fingerprint density at radius 3 is 2.53 bits per heavy atom. The SMILES string of the molecule is CCS(=O)c1cc(OCC(F)(F)F)cnc1-c1cn2cnc(SC(F)(F)F)cc2n1. The summed E-state index contributed by atoms with van der Waals surface area (Å²) in [5.74, 6) is -0.0687. The average Bonchev–Trinajstić information content (AvgIpc) is 3.06. The van der Waals surface area contributed by atoms with Gasteiger partial charge in [-0.1, -0.05) is 6.92 Å². The maximum Gasteiger partial charge on any atom is 0.447 e. The van der Waals surface area contributed by atoms with Gasteiger partial charge in [0.2, 0.25) is 0 Å². The third-order valence-electron chi connectivity index (χ3n) is 3.52. The van der Waals surface area contributed by atoms with Gasteiger partial charge in [0.15, 0.2) is 6.61 Å². The summed E-state index contributed by atoms with van der Waals surface area (Å²) in [4.78, 5) is 12.0. The van der Waals surface area contributed by atoms with Gasteiger partial charge in [-0.2, -0.15) is 26.3 Å². The first-order valence-electron chi connectivity index (χ1n) is 8.14. The summed E-state index contributed by atoms with van der Waals surface area (Å²) >= 11 is -0.395. The summed E-state index contributed by atoms with van der Waals surface area (Å²) in [6, 6.07) is 2.31. The van der Waals surface area contributed by atoms with Crippen molar-refractivity contribution in [1.82, 2.24) is 19.4 Å². The van der Waals surface area contributed by atoms with Crippen LogP contribution in [0, 0.1) is 0 Å². The van der Waals surface area contributed by atoms with E-state index in [0.717, 1.165) is 18.6 Å². The number of halogens is 6. The van der Waals surface area contributed by atoms with Gasteiger partial charge in [-0.05, 0) is 0 Å². The van der Waals surface area contributed by atoms with Crippen molar-refractivity contribution in [2.75, 3.05) is 12.4 Å². The quantitative estimate of drug-likeness (QED) is 0.301. The van der Waals surface area contributed by atoms with Crippen molar-refractivity contribution >= 4 is 28.2 Å². The van der Waals surface area contributed by atoms with E-state index >= 15 is 0 Å². The second kappa shape index (κ2) is 8.41. The number of thioether (sulfide) groups is 1. The molecule has 3 heterocycles. The maximum absolute atomic E-state index is 12.5. The molecule has 0 aliphatic rings. The molecular weight excluding hydrogens is 458 g/mol. The highest BCUT2D eigenvalue weighted by molar-refractivity contribution is 8.00. The number of fused-ring (bicyclic) bond motifs is 1. The number of pyridine rings is 1. The molecule has 1 unspecified atom stereocenters. The van der Waals surface area contributed by atoms with Crippen LogP contribution in [-0.2, 0) is 10.8 Å². The highest BCUT2D eigenvalue weighted by Crippen LogP contribution is 2.36. The number of hydrogen-bond acceptors (Lipinski definition) is 6. The molecule has 1 atom stereocenters. The second-order valence-electron chi connectivity index (χ2n) is 5.72. The molecule has 0 aliphatic carbocycles. The van der Waals surface area contributed by atoms with Crippen molar-refractivity contribution in [2.24, 2.45) is 0 Å². The van der Waals surface area contributed by atoms with E-state index in [2.05, 4.69) is 19.7 Å². The number of imidazole rings is 1. The molecule has 0 fully saturated rings. The van der Waals surface area contributed by atoms with E-state index in [0.29, 0.717) is 0 Å². The molecule has 3 rings (SSSR count). The zero-order chi connectivity index (χ0) is 22.1. The maximum atomic E-state index is 12.5. The molecule has 14 heteroatoms. The summed E-state index contributed by atoms with van der Waals surface area (Å²) in [6.07, 6.45) is -0.968. The van der Waals surface area contributed by atoms with Gasteiger partial charge >= 0.3 is 11.7 Å². The van der Waals surface area contributed by atoms with E-state index in [1.807, 2.05) is 0 Å². The fraction of sp³-hybridized carbons (Fsp3) is 0.312. The normalized spacial score (nSPS) is 13.6. The van der Waals surface area contributed by atoms with E-state index in [9.17, 15) is 30.6 Å². The molecule has 6 nitrogen and oxygen atoms in total. The van der Waals surface area contributed by atoms with Crippen LogP contribution in [-0.4, -0.2) is 47.6 Å². The van der Waals surface area contributed by atoms with Gasteiger partial charge in [-0.25, -0.2) is 15.0 Å². The molecule has 0 bridgehead atoms. The van der Waals surface area contributed by atoms with Crippen LogP contribution in [0.5, 0.6) is 5.75 Å². The minimum atomic E-state index is -4.55. The third kappa shape index (κ3) is 5.62. The Bertz CT molecular complexity index is 1080. The lowest BCUT2D eigenvalue weighted by molar-refractivity contribution is -0.153. The van der Waals surface area contributed by atoms with E-state index in [1.54, 1.807) is 6.92 Å². The zero-order valence-corrected chi connectivity index (χ0v) is 16.6. The van der Waals surface area contributed by atoms with E-state index in [4.69, 9.17) is 0 Å². The van der Waals surface area contributed by atoms with Gasteiger partial charge < -0.3 is 4.74 Å². The largest absolute Gasteiger partial charge is 0.482 e. The molecule has 0 aliphatic heterocycles. The minimum Gasteiger partial charge on any atom is -0.482 e. The molecule has 162 valence electrons. The monoisotopic (exact) mass is 470 g/mol. The zero-order valence-electron chi connectivity index (χ0n) is 15.0. The highest BCUT2D eigenvalue weighted by Gasteiger charge is 2.30. The van der Waals surface area contributed by atoms with Crippen LogP contribution in [0.4, 0.5) is 26.3 Å². The molecule has 0 N–H and O–H groups in total. The molecule has 0 amide bonds. The summed E-state index contributed by atoms with van der Waals surface area (Å²) in [7, 11) is -1.62. The van der Waals surface area contributed by atoms with Crippen molar-refractivity contribution in [3.8, 4) is 17.1 Å². The highest BCUT2D eigenvalue weighted by atomic mass is 32.2. The predicted octanol–water partition coefficient (Wildman–Crippen LogP) is 4.47. The Morgan fingerprint density at radius 2 is 1.90 bits per heavy atom. The summed E-state index contributed by atoms with van der Waals surface area (Å²) in [5, 5.41) is -0.312. The molecular formula is C16H12F6N4O2S2. The van der Waals surface area contributed by atoms with Gasteiger partial charge in [0.1, 0.15) is 34.1 Å². The minimum absolute atomic E-state index is 0.0958. The summed E-state index contributed by atoms with van der Waals surface area (Å²) in [5.41, 5.74) is -4.09. The Balaban J connectivity index is 1.99. The average molecular weight is 470 g/mol. The molecule has 0 saturated heterocycles. The van der Waals surface area contributed by atoms with Crippen LogP contribution < -0.4 is 4.74 Å².